The molecular weight excluding hydrogens is 214 g/mol. The van der Waals surface area contributed by atoms with Crippen LogP contribution in [0, 0.1) is 5.92 Å². The van der Waals surface area contributed by atoms with Gasteiger partial charge in [-0.2, -0.15) is 0 Å². The van der Waals surface area contributed by atoms with Crippen molar-refractivity contribution in [1.82, 2.24) is 5.32 Å². The molecule has 0 unspecified atom stereocenters. The van der Waals surface area contributed by atoms with Crippen molar-refractivity contribution < 1.29 is 14.7 Å². The quantitative estimate of drug-likeness (QED) is 0.718. The summed E-state index contributed by atoms with van der Waals surface area (Å²) in [6.07, 6.45) is 4.97. The molecule has 1 saturated carbocycles. The lowest BCUT2D eigenvalue weighted by Gasteiger charge is -2.09. The van der Waals surface area contributed by atoms with Crippen LogP contribution in [0.1, 0.15) is 25.7 Å². The van der Waals surface area contributed by atoms with Gasteiger partial charge in [0.1, 0.15) is 0 Å². The fourth-order valence-electron chi connectivity index (χ4n) is 1.75. The maximum atomic E-state index is 11.3. The van der Waals surface area contributed by atoms with Gasteiger partial charge in [0.25, 0.3) is 0 Å². The van der Waals surface area contributed by atoms with Crippen LogP contribution in [0.2, 0.25) is 0 Å². The third-order valence-corrected chi connectivity index (χ3v) is 3.44. The Kier molecular flexibility index (Phi) is 5.53. The lowest BCUT2D eigenvalue weighted by molar-refractivity contribution is -0.133. The molecule has 1 aliphatic rings. The van der Waals surface area contributed by atoms with Crippen molar-refractivity contribution in [3.63, 3.8) is 0 Å². The first-order valence-electron chi connectivity index (χ1n) is 5.24. The average molecular weight is 231 g/mol. The number of amides is 1. The monoisotopic (exact) mass is 231 g/mol. The first-order chi connectivity index (χ1) is 7.18. The minimum atomic E-state index is -0.872. The van der Waals surface area contributed by atoms with Gasteiger partial charge in [-0.3, -0.25) is 9.59 Å². The minimum Gasteiger partial charge on any atom is -0.481 e. The zero-order chi connectivity index (χ0) is 11.1. The molecule has 0 spiro atoms. The summed E-state index contributed by atoms with van der Waals surface area (Å²) >= 11 is 1.14. The van der Waals surface area contributed by atoms with Gasteiger partial charge >= 0.3 is 5.97 Å². The zero-order valence-corrected chi connectivity index (χ0v) is 9.52. The fraction of sp³-hybridized carbons (Fsp3) is 0.800. The predicted molar refractivity (Wildman–Crippen MR) is 59.9 cm³/mol. The number of carboxylic acids is 1. The molecule has 15 heavy (non-hydrogen) atoms. The molecule has 0 bridgehead atoms. The van der Waals surface area contributed by atoms with Crippen molar-refractivity contribution in [2.75, 3.05) is 18.1 Å². The van der Waals surface area contributed by atoms with Crippen molar-refractivity contribution >= 4 is 23.6 Å². The van der Waals surface area contributed by atoms with E-state index in [1.165, 1.54) is 25.7 Å². The molecule has 1 aliphatic carbocycles. The van der Waals surface area contributed by atoms with Crippen LogP contribution in [0.5, 0.6) is 0 Å². The Morgan fingerprint density at radius 3 is 2.53 bits per heavy atom. The van der Waals surface area contributed by atoms with Crippen LogP contribution in [0.4, 0.5) is 0 Å². The molecule has 1 amide bonds. The maximum Gasteiger partial charge on any atom is 0.313 e. The van der Waals surface area contributed by atoms with E-state index in [2.05, 4.69) is 5.32 Å². The van der Waals surface area contributed by atoms with E-state index in [1.807, 2.05) is 0 Å². The second-order valence-electron chi connectivity index (χ2n) is 3.84. The van der Waals surface area contributed by atoms with E-state index in [9.17, 15) is 9.59 Å². The molecule has 0 aromatic rings. The second-order valence-corrected chi connectivity index (χ2v) is 4.83. The summed E-state index contributed by atoms with van der Waals surface area (Å²) in [6, 6.07) is 0. The Bertz CT molecular complexity index is 227. The smallest absolute Gasteiger partial charge is 0.313 e. The van der Waals surface area contributed by atoms with Crippen LogP contribution in [-0.4, -0.2) is 35.0 Å². The summed E-state index contributed by atoms with van der Waals surface area (Å²) in [5.41, 5.74) is 0. The summed E-state index contributed by atoms with van der Waals surface area (Å²) in [7, 11) is 0. The van der Waals surface area contributed by atoms with Gasteiger partial charge in [0, 0.05) is 6.54 Å². The van der Waals surface area contributed by atoms with Crippen LogP contribution < -0.4 is 5.32 Å². The minimum absolute atomic E-state index is 0.00313. The number of nitrogens with one attached hydrogen (secondary N) is 1. The van der Waals surface area contributed by atoms with Crippen molar-refractivity contribution in [3.8, 4) is 0 Å². The van der Waals surface area contributed by atoms with E-state index in [-0.39, 0.29) is 17.4 Å². The molecule has 5 heteroatoms. The molecule has 0 aliphatic heterocycles. The van der Waals surface area contributed by atoms with E-state index < -0.39 is 5.97 Å². The summed E-state index contributed by atoms with van der Waals surface area (Å²) < 4.78 is 0. The number of carbonyl (C=O) groups excluding carboxylic acids is 1. The van der Waals surface area contributed by atoms with E-state index in [1.54, 1.807) is 0 Å². The lowest BCUT2D eigenvalue weighted by atomic mass is 10.1. The Morgan fingerprint density at radius 2 is 1.93 bits per heavy atom. The van der Waals surface area contributed by atoms with Crippen molar-refractivity contribution in [2.45, 2.75) is 25.7 Å². The fourth-order valence-corrected chi connectivity index (χ4v) is 2.32. The molecule has 2 N–H and O–H groups in total. The first-order valence-corrected chi connectivity index (χ1v) is 6.40. The summed E-state index contributed by atoms with van der Waals surface area (Å²) in [5.74, 6) is -0.0364. The molecule has 0 aromatic heterocycles. The highest BCUT2D eigenvalue weighted by Gasteiger charge is 2.15. The average Bonchev–Trinajstić information content (AvgIpc) is 2.66. The third-order valence-electron chi connectivity index (χ3n) is 2.52. The molecule has 0 aromatic carbocycles. The van der Waals surface area contributed by atoms with Gasteiger partial charge in [-0.05, 0) is 18.8 Å². The number of rotatable bonds is 6. The number of hydrogen-bond donors (Lipinski definition) is 2. The Balaban J connectivity index is 2.00. The van der Waals surface area contributed by atoms with Crippen LogP contribution in [-0.2, 0) is 9.59 Å². The first kappa shape index (κ1) is 12.4. The van der Waals surface area contributed by atoms with Gasteiger partial charge in [0.15, 0.2) is 0 Å². The molecule has 0 saturated heterocycles. The molecular formula is C10H17NO3S. The Morgan fingerprint density at radius 1 is 1.27 bits per heavy atom. The number of hydrogen-bond acceptors (Lipinski definition) is 3. The number of carbonyl (C=O) groups is 2. The van der Waals surface area contributed by atoms with Gasteiger partial charge in [-0.25, -0.2) is 0 Å². The third kappa shape index (κ3) is 5.67. The number of carboxylic acid groups (broad SMARTS) is 1. The largest absolute Gasteiger partial charge is 0.481 e. The maximum absolute atomic E-state index is 11.3. The Labute approximate surface area is 93.8 Å². The number of aliphatic carboxylic acids is 1. The van der Waals surface area contributed by atoms with Crippen LogP contribution in [0.15, 0.2) is 0 Å². The molecule has 86 valence electrons. The van der Waals surface area contributed by atoms with Crippen molar-refractivity contribution in [1.29, 1.82) is 0 Å². The highest BCUT2D eigenvalue weighted by molar-refractivity contribution is 8.00. The van der Waals surface area contributed by atoms with Gasteiger partial charge in [-0.1, -0.05) is 12.8 Å². The van der Waals surface area contributed by atoms with Crippen LogP contribution >= 0.6 is 11.8 Å². The van der Waals surface area contributed by atoms with Crippen LogP contribution in [0.25, 0.3) is 0 Å². The summed E-state index contributed by atoms with van der Waals surface area (Å²) in [5, 5.41) is 11.2. The molecule has 0 atom stereocenters. The van der Waals surface area contributed by atoms with Crippen LogP contribution in [0.3, 0.4) is 0 Å². The van der Waals surface area contributed by atoms with Gasteiger partial charge in [-0.15, -0.1) is 11.8 Å². The predicted octanol–water partition coefficient (Wildman–Crippen LogP) is 1.11. The number of thioether (sulfide) groups is 1. The van der Waals surface area contributed by atoms with Gasteiger partial charge in [0.2, 0.25) is 5.91 Å². The lowest BCUT2D eigenvalue weighted by Crippen LogP contribution is -2.30. The summed E-state index contributed by atoms with van der Waals surface area (Å²) in [6.45, 7) is 0.756. The van der Waals surface area contributed by atoms with Crippen molar-refractivity contribution in [3.05, 3.63) is 0 Å². The second kappa shape index (κ2) is 6.71. The molecule has 4 nitrogen and oxygen atoms in total. The molecule has 1 fully saturated rings. The standard InChI is InChI=1S/C10H17NO3S/c12-9(6-15-7-10(13)14)11-5-8-3-1-2-4-8/h8H,1-7H2,(H,11,12)(H,13,14). The van der Waals surface area contributed by atoms with Gasteiger partial charge < -0.3 is 10.4 Å². The zero-order valence-electron chi connectivity index (χ0n) is 8.70. The Hall–Kier alpha value is -0.710. The molecule has 1 rings (SSSR count). The SMILES string of the molecule is O=C(O)CSCC(=O)NCC1CCCC1. The van der Waals surface area contributed by atoms with E-state index >= 15 is 0 Å². The summed E-state index contributed by atoms with van der Waals surface area (Å²) in [4.78, 5) is 21.5. The molecule has 0 radical (unpaired) electrons. The van der Waals surface area contributed by atoms with E-state index in [4.69, 9.17) is 5.11 Å². The topological polar surface area (TPSA) is 66.4 Å². The van der Waals surface area contributed by atoms with E-state index in [0.717, 1.165) is 18.3 Å². The normalized spacial score (nSPS) is 16.5. The highest BCUT2D eigenvalue weighted by atomic mass is 32.2. The van der Waals surface area contributed by atoms with Crippen molar-refractivity contribution in [2.24, 2.45) is 5.92 Å². The van der Waals surface area contributed by atoms with E-state index in [0.29, 0.717) is 5.92 Å². The molecule has 0 heterocycles. The highest BCUT2D eigenvalue weighted by Crippen LogP contribution is 2.23. The van der Waals surface area contributed by atoms with Gasteiger partial charge in [0.05, 0.1) is 11.5 Å².